The molecule has 0 bridgehead atoms. The Labute approximate surface area is 170 Å². The Morgan fingerprint density at radius 2 is 1.90 bits per heavy atom. The number of hydrogen-bond donors (Lipinski definition) is 0. The van der Waals surface area contributed by atoms with Crippen molar-refractivity contribution in [2.24, 2.45) is 0 Å². The van der Waals surface area contributed by atoms with E-state index in [4.69, 9.17) is 20.9 Å². The van der Waals surface area contributed by atoms with Crippen LogP contribution in [-0.4, -0.2) is 18.2 Å². The highest BCUT2D eigenvalue weighted by molar-refractivity contribution is 7.66. The van der Waals surface area contributed by atoms with E-state index in [2.05, 4.69) is 0 Å². The van der Waals surface area contributed by atoms with Gasteiger partial charge in [0.25, 0.3) is 5.69 Å². The van der Waals surface area contributed by atoms with Gasteiger partial charge in [0.2, 0.25) is 7.37 Å². The van der Waals surface area contributed by atoms with Gasteiger partial charge in [-0.25, -0.2) is 0 Å². The number of benzene rings is 2. The second-order valence-corrected chi connectivity index (χ2v) is 9.02. The lowest BCUT2D eigenvalue weighted by Gasteiger charge is -2.16. The highest BCUT2D eigenvalue weighted by Crippen LogP contribution is 2.46. The number of unbranched alkanes of at least 4 members (excludes halogenated alkanes) is 1. The minimum Gasteiger partial charge on any atom is -0.456 e. The number of nitro groups is 1. The average molecular weight is 452 g/mol. The SMILES string of the molecule is CCCCOP(C)(=O)c1cc(Oc2ccc(C(F)(F)F)cc2Cl)ccc1[N+](=O)[O-]. The van der Waals surface area contributed by atoms with Crippen molar-refractivity contribution < 1.29 is 31.9 Å². The molecule has 29 heavy (non-hydrogen) atoms. The Kier molecular flexibility index (Phi) is 7.32. The van der Waals surface area contributed by atoms with Crippen molar-refractivity contribution in [3.8, 4) is 11.5 Å². The van der Waals surface area contributed by atoms with E-state index in [0.717, 1.165) is 24.6 Å². The molecule has 2 aromatic carbocycles. The summed E-state index contributed by atoms with van der Waals surface area (Å²) in [5.74, 6) is -0.0641. The van der Waals surface area contributed by atoms with Crippen LogP contribution >= 0.6 is 19.0 Å². The van der Waals surface area contributed by atoms with Crippen LogP contribution in [0.4, 0.5) is 18.9 Å². The summed E-state index contributed by atoms with van der Waals surface area (Å²) in [5.41, 5.74) is -1.35. The summed E-state index contributed by atoms with van der Waals surface area (Å²) >= 11 is 5.87. The Morgan fingerprint density at radius 1 is 1.21 bits per heavy atom. The maximum Gasteiger partial charge on any atom is 0.416 e. The molecule has 2 rings (SSSR count). The summed E-state index contributed by atoms with van der Waals surface area (Å²) in [4.78, 5) is 10.6. The van der Waals surface area contributed by atoms with Crippen molar-refractivity contribution in [1.29, 1.82) is 0 Å². The predicted molar refractivity (Wildman–Crippen MR) is 104 cm³/mol. The van der Waals surface area contributed by atoms with Crippen LogP contribution in [0.5, 0.6) is 11.5 Å². The topological polar surface area (TPSA) is 78.7 Å². The molecule has 0 amide bonds. The predicted octanol–water partition coefficient (Wildman–Crippen LogP) is 6.41. The highest BCUT2D eigenvalue weighted by atomic mass is 35.5. The number of alkyl halides is 3. The summed E-state index contributed by atoms with van der Waals surface area (Å²) in [6.07, 6.45) is -3.14. The van der Waals surface area contributed by atoms with Crippen LogP contribution in [0.25, 0.3) is 0 Å². The van der Waals surface area contributed by atoms with Crippen molar-refractivity contribution >= 4 is 30.0 Å². The van der Waals surface area contributed by atoms with Gasteiger partial charge in [-0.3, -0.25) is 14.7 Å². The minimum absolute atomic E-state index is 0.0217. The lowest BCUT2D eigenvalue weighted by molar-refractivity contribution is -0.383. The zero-order chi connectivity index (χ0) is 21.8. The van der Waals surface area contributed by atoms with Gasteiger partial charge in [0.05, 0.1) is 22.1 Å². The third-order valence-electron chi connectivity index (χ3n) is 3.90. The molecule has 0 saturated carbocycles. The normalized spacial score (nSPS) is 13.7. The van der Waals surface area contributed by atoms with E-state index in [-0.39, 0.29) is 28.4 Å². The first-order valence-corrected chi connectivity index (χ1v) is 11.0. The molecule has 11 heteroatoms. The maximum absolute atomic E-state index is 12.9. The first-order valence-electron chi connectivity index (χ1n) is 8.51. The van der Waals surface area contributed by atoms with Crippen molar-refractivity contribution in [2.75, 3.05) is 13.3 Å². The van der Waals surface area contributed by atoms with E-state index in [1.54, 1.807) is 0 Å². The molecule has 0 aliphatic carbocycles. The standard InChI is InChI=1S/C18H18ClF3NO5P/c1-3-4-9-27-29(2,26)17-11-13(6-7-15(17)23(24)25)28-16-8-5-12(10-14(16)19)18(20,21)22/h5-8,10-11H,3-4,9H2,1-2H3. The summed E-state index contributed by atoms with van der Waals surface area (Å²) in [6, 6.07) is 6.06. The number of nitro benzene ring substituents is 1. The van der Waals surface area contributed by atoms with Crippen LogP contribution in [-0.2, 0) is 15.3 Å². The zero-order valence-electron chi connectivity index (χ0n) is 15.5. The van der Waals surface area contributed by atoms with E-state index in [9.17, 15) is 27.9 Å². The van der Waals surface area contributed by atoms with Gasteiger partial charge >= 0.3 is 6.18 Å². The molecule has 0 aliphatic rings. The molecule has 0 radical (unpaired) electrons. The van der Waals surface area contributed by atoms with Gasteiger partial charge in [-0.15, -0.1) is 0 Å². The van der Waals surface area contributed by atoms with Crippen molar-refractivity contribution in [2.45, 2.75) is 25.9 Å². The number of ether oxygens (including phenoxy) is 1. The molecule has 2 aromatic rings. The van der Waals surface area contributed by atoms with E-state index >= 15 is 0 Å². The molecule has 0 aliphatic heterocycles. The second-order valence-electron chi connectivity index (χ2n) is 6.19. The third kappa shape index (κ3) is 5.95. The molecule has 1 unspecified atom stereocenters. The van der Waals surface area contributed by atoms with Crippen molar-refractivity contribution in [3.05, 3.63) is 57.1 Å². The first-order chi connectivity index (χ1) is 13.5. The Hall–Kier alpha value is -2.09. The number of halogens is 4. The summed E-state index contributed by atoms with van der Waals surface area (Å²) in [5, 5.41) is 10.9. The first kappa shape index (κ1) is 23.2. The Morgan fingerprint density at radius 3 is 2.45 bits per heavy atom. The van der Waals surface area contributed by atoms with Crippen LogP contribution < -0.4 is 10.0 Å². The van der Waals surface area contributed by atoms with E-state index in [1.165, 1.54) is 18.8 Å². The minimum atomic E-state index is -4.56. The maximum atomic E-state index is 12.9. The molecular formula is C18H18ClF3NO5P. The number of hydrogen-bond acceptors (Lipinski definition) is 5. The van der Waals surface area contributed by atoms with Crippen LogP contribution in [0, 0.1) is 10.1 Å². The third-order valence-corrected chi connectivity index (χ3v) is 6.11. The number of nitrogens with zero attached hydrogens (tertiary/aromatic N) is 1. The van der Waals surface area contributed by atoms with Crippen LogP contribution in [0.2, 0.25) is 5.02 Å². The monoisotopic (exact) mass is 451 g/mol. The van der Waals surface area contributed by atoms with Crippen LogP contribution in [0.3, 0.4) is 0 Å². The summed E-state index contributed by atoms with van der Waals surface area (Å²) in [6.45, 7) is 3.34. The molecule has 0 saturated heterocycles. The van der Waals surface area contributed by atoms with Gasteiger partial charge < -0.3 is 9.26 Å². The molecule has 1 atom stereocenters. The lowest BCUT2D eigenvalue weighted by atomic mass is 10.2. The Balaban J connectivity index is 2.38. The fourth-order valence-corrected chi connectivity index (χ4v) is 4.16. The van der Waals surface area contributed by atoms with E-state index < -0.39 is 29.7 Å². The van der Waals surface area contributed by atoms with Gasteiger partial charge in [0.1, 0.15) is 16.8 Å². The molecule has 0 N–H and O–H groups in total. The molecule has 6 nitrogen and oxygen atoms in total. The molecule has 0 spiro atoms. The van der Waals surface area contributed by atoms with Gasteiger partial charge in [-0.2, -0.15) is 13.2 Å². The molecule has 158 valence electrons. The quantitative estimate of drug-likeness (QED) is 0.200. The van der Waals surface area contributed by atoms with Crippen LogP contribution in [0.15, 0.2) is 36.4 Å². The van der Waals surface area contributed by atoms with Crippen molar-refractivity contribution in [3.63, 3.8) is 0 Å². The Bertz CT molecular complexity index is 952. The summed E-state index contributed by atoms with van der Waals surface area (Å²) in [7, 11) is -3.54. The van der Waals surface area contributed by atoms with Gasteiger partial charge in [0.15, 0.2) is 0 Å². The van der Waals surface area contributed by atoms with Gasteiger partial charge in [-0.05, 0) is 30.7 Å². The van der Waals surface area contributed by atoms with E-state index in [1.807, 2.05) is 6.92 Å². The van der Waals surface area contributed by atoms with E-state index in [0.29, 0.717) is 12.5 Å². The summed E-state index contributed by atoms with van der Waals surface area (Å²) < 4.78 is 62.0. The molecule has 0 aromatic heterocycles. The molecular weight excluding hydrogens is 434 g/mol. The highest BCUT2D eigenvalue weighted by Gasteiger charge is 2.32. The van der Waals surface area contributed by atoms with Gasteiger partial charge in [-0.1, -0.05) is 24.9 Å². The zero-order valence-corrected chi connectivity index (χ0v) is 17.2. The lowest BCUT2D eigenvalue weighted by Crippen LogP contribution is -2.13. The average Bonchev–Trinajstić information content (AvgIpc) is 2.62. The smallest absolute Gasteiger partial charge is 0.416 e. The fourth-order valence-electron chi connectivity index (χ4n) is 2.39. The largest absolute Gasteiger partial charge is 0.456 e. The van der Waals surface area contributed by atoms with Gasteiger partial charge in [0, 0.05) is 18.8 Å². The van der Waals surface area contributed by atoms with Crippen LogP contribution in [0.1, 0.15) is 25.3 Å². The molecule has 0 heterocycles. The van der Waals surface area contributed by atoms with Crippen molar-refractivity contribution in [1.82, 2.24) is 0 Å². The second kappa shape index (κ2) is 9.15. The fraction of sp³-hybridized carbons (Fsp3) is 0.333. The molecule has 0 fully saturated rings. The number of rotatable bonds is 8.